The summed E-state index contributed by atoms with van der Waals surface area (Å²) in [5.41, 5.74) is 0. The van der Waals surface area contributed by atoms with Crippen molar-refractivity contribution < 1.29 is 17.9 Å². The summed E-state index contributed by atoms with van der Waals surface area (Å²) in [5.74, 6) is 1.11. The largest absolute Gasteiger partial charge is 0.491 e. The lowest BCUT2D eigenvalue weighted by molar-refractivity contribution is 0.342. The number of benzene rings is 2. The highest BCUT2D eigenvalue weighted by atomic mass is 79.9. The normalized spacial score (nSPS) is 11.5. The number of ether oxygens (including phenoxy) is 2. The Bertz CT molecular complexity index is 863. The van der Waals surface area contributed by atoms with Crippen LogP contribution in [0, 0.1) is 0 Å². The molecule has 2 aromatic rings. The average Bonchev–Trinajstić information content (AvgIpc) is 2.63. The summed E-state index contributed by atoms with van der Waals surface area (Å²) in [6, 6.07) is 6.29. The van der Waals surface area contributed by atoms with Crippen LogP contribution in [0.1, 0.15) is 0 Å². The van der Waals surface area contributed by atoms with Gasteiger partial charge >= 0.3 is 0 Å². The Morgan fingerprint density at radius 3 is 1.37 bits per heavy atom. The maximum absolute atomic E-state index is 13.2. The molecule has 0 fully saturated rings. The van der Waals surface area contributed by atoms with E-state index in [1.807, 2.05) is 0 Å². The highest BCUT2D eigenvalue weighted by molar-refractivity contribution is 9.13. The Kier molecular flexibility index (Phi) is 9.63. The van der Waals surface area contributed by atoms with Gasteiger partial charge in [-0.1, -0.05) is 31.9 Å². The second-order valence-electron chi connectivity index (χ2n) is 4.96. The van der Waals surface area contributed by atoms with Crippen molar-refractivity contribution in [1.29, 1.82) is 0 Å². The highest BCUT2D eigenvalue weighted by Gasteiger charge is 2.27. The number of hydrogen-bond donors (Lipinski definition) is 0. The lowest BCUT2D eigenvalue weighted by Crippen LogP contribution is -2.07. The maximum Gasteiger partial charge on any atom is 0.208 e. The van der Waals surface area contributed by atoms with E-state index >= 15 is 0 Å². The molecule has 27 heavy (non-hydrogen) atoms. The zero-order valence-electron chi connectivity index (χ0n) is 13.4. The minimum Gasteiger partial charge on any atom is -0.491 e. The van der Waals surface area contributed by atoms with E-state index in [1.165, 1.54) is 12.1 Å². The second kappa shape index (κ2) is 10.8. The summed E-state index contributed by atoms with van der Waals surface area (Å²) in [6.07, 6.45) is 0. The molecule has 0 unspecified atom stereocenters. The van der Waals surface area contributed by atoms with Gasteiger partial charge in [-0.2, -0.15) is 0 Å². The standard InChI is InChI=1S/C16H12Br6O4S/c17-5-7-25-9-1-3-11(15(21)13(9)19)27(23,24)12-4-2-10(26-8-6-18)14(20)16(12)22/h1-4H,5-8H2. The van der Waals surface area contributed by atoms with E-state index < -0.39 is 9.84 Å². The summed E-state index contributed by atoms with van der Waals surface area (Å²) < 4.78 is 39.5. The van der Waals surface area contributed by atoms with E-state index in [9.17, 15) is 8.42 Å². The first-order valence-electron chi connectivity index (χ1n) is 7.34. The molecule has 0 bridgehead atoms. The Hall–Kier alpha value is 0.870. The van der Waals surface area contributed by atoms with E-state index in [4.69, 9.17) is 9.47 Å². The third-order valence-corrected chi connectivity index (χ3v) is 10.6. The molecule has 0 heterocycles. The minimum absolute atomic E-state index is 0.127. The average molecular weight is 780 g/mol. The van der Waals surface area contributed by atoms with E-state index in [0.717, 1.165) is 0 Å². The number of halogens is 6. The van der Waals surface area contributed by atoms with Gasteiger partial charge in [-0.15, -0.1) is 0 Å². The first-order chi connectivity index (χ1) is 12.8. The molecule has 11 heteroatoms. The van der Waals surface area contributed by atoms with E-state index in [1.54, 1.807) is 12.1 Å². The molecule has 0 N–H and O–H groups in total. The van der Waals surface area contributed by atoms with Gasteiger partial charge in [-0.3, -0.25) is 0 Å². The lowest BCUT2D eigenvalue weighted by Gasteiger charge is -2.15. The zero-order valence-corrected chi connectivity index (χ0v) is 23.8. The van der Waals surface area contributed by atoms with Crippen LogP contribution >= 0.6 is 95.6 Å². The Morgan fingerprint density at radius 2 is 1.04 bits per heavy atom. The molecule has 4 nitrogen and oxygen atoms in total. The number of alkyl halides is 2. The Labute approximate surface area is 208 Å². The quantitative estimate of drug-likeness (QED) is 0.268. The van der Waals surface area contributed by atoms with Crippen LogP contribution < -0.4 is 9.47 Å². The molecule has 0 aromatic heterocycles. The van der Waals surface area contributed by atoms with Crippen molar-refractivity contribution in [1.82, 2.24) is 0 Å². The van der Waals surface area contributed by atoms with Crippen molar-refractivity contribution in [3.63, 3.8) is 0 Å². The molecule has 0 aliphatic heterocycles. The molecular formula is C16H12Br6O4S. The fraction of sp³-hybridized carbons (Fsp3) is 0.250. The van der Waals surface area contributed by atoms with Gasteiger partial charge in [0.1, 0.15) is 11.5 Å². The molecule has 0 spiro atoms. The van der Waals surface area contributed by atoms with Crippen molar-refractivity contribution in [2.75, 3.05) is 23.9 Å². The predicted octanol–water partition coefficient (Wildman–Crippen LogP) is 7.12. The molecule has 0 aliphatic rings. The molecule has 0 amide bonds. The van der Waals surface area contributed by atoms with Crippen molar-refractivity contribution in [2.45, 2.75) is 9.79 Å². The predicted molar refractivity (Wildman–Crippen MR) is 128 cm³/mol. The summed E-state index contributed by atoms with van der Waals surface area (Å²) in [7, 11) is -3.80. The smallest absolute Gasteiger partial charge is 0.208 e. The van der Waals surface area contributed by atoms with E-state index in [2.05, 4.69) is 95.6 Å². The Morgan fingerprint density at radius 1 is 0.667 bits per heavy atom. The maximum atomic E-state index is 13.2. The van der Waals surface area contributed by atoms with Gasteiger partial charge in [0, 0.05) is 10.7 Å². The molecule has 0 saturated carbocycles. The fourth-order valence-corrected chi connectivity index (χ4v) is 6.93. The van der Waals surface area contributed by atoms with Crippen molar-refractivity contribution >= 4 is 105 Å². The van der Waals surface area contributed by atoms with Crippen LogP contribution in [0.4, 0.5) is 0 Å². The summed E-state index contributed by atoms with van der Waals surface area (Å²) in [5, 5.41) is 1.34. The molecule has 0 saturated heterocycles. The summed E-state index contributed by atoms with van der Waals surface area (Å²) in [6.45, 7) is 0.928. The first kappa shape index (κ1) is 24.1. The van der Waals surface area contributed by atoms with Crippen molar-refractivity contribution in [3.05, 3.63) is 42.2 Å². The van der Waals surface area contributed by atoms with Crippen LogP contribution in [-0.2, 0) is 9.84 Å². The molecule has 148 valence electrons. The van der Waals surface area contributed by atoms with Gasteiger partial charge in [0.15, 0.2) is 0 Å². The number of sulfone groups is 1. The van der Waals surface area contributed by atoms with Crippen LogP contribution in [0.2, 0.25) is 0 Å². The van der Waals surface area contributed by atoms with Gasteiger partial charge in [0.2, 0.25) is 9.84 Å². The van der Waals surface area contributed by atoms with Gasteiger partial charge in [-0.25, -0.2) is 8.42 Å². The topological polar surface area (TPSA) is 52.6 Å². The zero-order chi connectivity index (χ0) is 20.2. The third kappa shape index (κ3) is 5.52. The fourth-order valence-electron chi connectivity index (χ4n) is 2.08. The van der Waals surface area contributed by atoms with E-state index in [-0.39, 0.29) is 9.79 Å². The summed E-state index contributed by atoms with van der Waals surface area (Å²) >= 11 is 20.1. The van der Waals surface area contributed by atoms with Crippen LogP contribution in [0.15, 0.2) is 51.9 Å². The monoisotopic (exact) mass is 774 g/mol. The molecule has 0 aliphatic carbocycles. The van der Waals surface area contributed by atoms with Gasteiger partial charge in [0.05, 0.1) is 40.9 Å². The van der Waals surface area contributed by atoms with Crippen LogP contribution in [0.3, 0.4) is 0 Å². The lowest BCUT2D eigenvalue weighted by atomic mass is 10.3. The molecule has 2 aromatic carbocycles. The van der Waals surface area contributed by atoms with Crippen LogP contribution in [-0.4, -0.2) is 32.3 Å². The van der Waals surface area contributed by atoms with Crippen LogP contribution in [0.5, 0.6) is 11.5 Å². The summed E-state index contributed by atoms with van der Waals surface area (Å²) in [4.78, 5) is 0.254. The second-order valence-corrected chi connectivity index (χ2v) is 11.6. The van der Waals surface area contributed by atoms with Gasteiger partial charge in [0.25, 0.3) is 0 Å². The SMILES string of the molecule is O=S(=O)(c1ccc(OCCBr)c(Br)c1Br)c1ccc(OCCBr)c(Br)c1Br. The highest BCUT2D eigenvalue weighted by Crippen LogP contribution is 2.43. The van der Waals surface area contributed by atoms with Crippen molar-refractivity contribution in [3.8, 4) is 11.5 Å². The molecule has 0 atom stereocenters. The first-order valence-corrected chi connectivity index (χ1v) is 14.2. The third-order valence-electron chi connectivity index (χ3n) is 3.27. The Balaban J connectivity index is 2.50. The number of hydrogen-bond acceptors (Lipinski definition) is 4. The molecule has 0 radical (unpaired) electrons. The van der Waals surface area contributed by atoms with Gasteiger partial charge < -0.3 is 9.47 Å². The molecule has 2 rings (SSSR count). The van der Waals surface area contributed by atoms with Gasteiger partial charge in [-0.05, 0) is 88.0 Å². The number of rotatable bonds is 8. The minimum atomic E-state index is -3.80. The molecular weight excluding hydrogens is 768 g/mol. The van der Waals surface area contributed by atoms with E-state index in [0.29, 0.717) is 53.3 Å². The van der Waals surface area contributed by atoms with Crippen molar-refractivity contribution in [2.24, 2.45) is 0 Å². The van der Waals surface area contributed by atoms with Crippen LogP contribution in [0.25, 0.3) is 0 Å².